The fraction of sp³-hybridized carbons (Fsp3) is 0.667. The number of thiol groups is 1. The maximum atomic E-state index is 9.38. The first-order valence-corrected chi connectivity index (χ1v) is 3.57. The lowest BCUT2D eigenvalue weighted by molar-refractivity contribution is 0.270. The number of hydrogen-bond donors (Lipinski definition) is 1. The van der Waals surface area contributed by atoms with Crippen LogP contribution in [0.3, 0.4) is 0 Å². The van der Waals surface area contributed by atoms with Crippen LogP contribution in [0.4, 0.5) is 0 Å². The monoisotopic (exact) mass is 137 g/mol. The van der Waals surface area contributed by atoms with Gasteiger partial charge in [-0.2, -0.15) is 0 Å². The van der Waals surface area contributed by atoms with Crippen LogP contribution in [0.2, 0.25) is 0 Å². The van der Waals surface area contributed by atoms with Gasteiger partial charge in [0.05, 0.1) is 0 Å². The third-order valence-corrected chi connectivity index (χ3v) is 1.65. The molecule has 0 rings (SSSR count). The molecule has 1 atom stereocenters. The lowest BCUT2D eigenvalue weighted by atomic mass is 10.9. The lowest BCUT2D eigenvalue weighted by Gasteiger charge is -1.99. The highest BCUT2D eigenvalue weighted by Crippen LogP contribution is 2.13. The summed E-state index contributed by atoms with van der Waals surface area (Å²) in [5, 5.41) is 0. The summed E-state index contributed by atoms with van der Waals surface area (Å²) in [6.45, 7) is 3.01. The normalized spacial score (nSPS) is 12.9. The number of hydrogen-bond acceptors (Lipinski definition) is 4. The molecule has 0 amide bonds. The molecule has 7 heavy (non-hydrogen) atoms. The van der Waals surface area contributed by atoms with Gasteiger partial charge >= 0.3 is 6.47 Å². The minimum absolute atomic E-state index is 0.194. The molecule has 0 fully saturated rings. The van der Waals surface area contributed by atoms with E-state index in [1.807, 2.05) is 0 Å². The predicted molar refractivity (Wildman–Crippen MR) is 32.8 cm³/mol. The van der Waals surface area contributed by atoms with E-state index in [-0.39, 0.29) is 5.44 Å². The quantitative estimate of drug-likeness (QED) is 0.357. The average Bonchev–Trinajstić information content (AvgIpc) is 1.68. The maximum Gasteiger partial charge on any atom is 0.418 e. The summed E-state index contributed by atoms with van der Waals surface area (Å²) in [4.78, 5) is 9.38. The fourth-order valence-corrected chi connectivity index (χ4v) is 0.301. The van der Waals surface area contributed by atoms with Crippen molar-refractivity contribution in [3.63, 3.8) is 0 Å². The third kappa shape index (κ3) is 4.01. The molecule has 0 aromatic carbocycles. The smallest absolute Gasteiger partial charge is 0.418 e. The highest BCUT2D eigenvalue weighted by molar-refractivity contribution is 8.68. The highest BCUT2D eigenvalue weighted by Gasteiger charge is 1.95. The van der Waals surface area contributed by atoms with Crippen molar-refractivity contribution in [1.82, 2.24) is 0 Å². The molecule has 4 heteroatoms. The summed E-state index contributed by atoms with van der Waals surface area (Å²) in [7, 11) is 1.16. The molecule has 2 nitrogen and oxygen atoms in total. The molecule has 1 unspecified atom stereocenters. The summed E-state index contributed by atoms with van der Waals surface area (Å²) in [6, 6.07) is 0. The minimum atomic E-state index is -0.194. The van der Waals surface area contributed by atoms with E-state index in [4.69, 9.17) is 0 Å². The van der Waals surface area contributed by atoms with Crippen LogP contribution >= 0.6 is 22.5 Å². The molecule has 0 heterocycles. The summed E-state index contributed by atoms with van der Waals surface area (Å²) in [5.41, 5.74) is -0.194. The van der Waals surface area contributed by atoms with E-state index in [1.165, 1.54) is 6.47 Å². The zero-order valence-electron chi connectivity index (χ0n) is 3.75. The summed E-state index contributed by atoms with van der Waals surface area (Å²) >= 11 is 3.76. The van der Waals surface area contributed by atoms with Gasteiger partial charge in [-0.25, -0.2) is 4.79 Å². The largest absolute Gasteiger partial charge is 0.442 e. The Bertz CT molecular complexity index is 56.9. The van der Waals surface area contributed by atoms with Gasteiger partial charge < -0.3 is 4.74 Å². The van der Waals surface area contributed by atoms with Crippen LogP contribution in [0.15, 0.2) is 0 Å². The van der Waals surface area contributed by atoms with E-state index < -0.39 is 0 Å². The van der Waals surface area contributed by atoms with Crippen LogP contribution in [-0.2, 0) is 9.53 Å². The van der Waals surface area contributed by atoms with Gasteiger partial charge in [0.25, 0.3) is 0 Å². The zero-order chi connectivity index (χ0) is 5.70. The Hall–Kier alpha value is 0.170. The molecule has 1 radical (unpaired) electrons. The lowest BCUT2D eigenvalue weighted by Crippen LogP contribution is -1.97. The predicted octanol–water partition coefficient (Wildman–Crippen LogP) is 0.994. The highest BCUT2D eigenvalue weighted by atomic mass is 33.1. The van der Waals surface area contributed by atoms with E-state index >= 15 is 0 Å². The first-order chi connectivity index (χ1) is 3.31. The Morgan fingerprint density at radius 2 is 2.57 bits per heavy atom. The van der Waals surface area contributed by atoms with Crippen molar-refractivity contribution in [3.8, 4) is 0 Å². The van der Waals surface area contributed by atoms with Gasteiger partial charge in [-0.15, -0.1) is 11.7 Å². The summed E-state index contributed by atoms with van der Waals surface area (Å²) in [6.07, 6.45) is 0. The van der Waals surface area contributed by atoms with E-state index in [0.717, 1.165) is 10.8 Å². The Labute approximate surface area is 51.4 Å². The SMILES string of the molecule is CC(O[C]=O)SS. The summed E-state index contributed by atoms with van der Waals surface area (Å²) < 4.78 is 4.27. The molecular weight excluding hydrogens is 132 g/mol. The molecule has 0 N–H and O–H groups in total. The van der Waals surface area contributed by atoms with Crippen LogP contribution in [-0.4, -0.2) is 11.9 Å². The molecule has 0 aromatic heterocycles. The van der Waals surface area contributed by atoms with Crippen molar-refractivity contribution in [2.45, 2.75) is 12.4 Å². The Kier molecular flexibility index (Phi) is 4.44. The van der Waals surface area contributed by atoms with Gasteiger partial charge in [0, 0.05) is 0 Å². The zero-order valence-corrected chi connectivity index (χ0v) is 5.46. The molecule has 0 saturated carbocycles. The van der Waals surface area contributed by atoms with Crippen molar-refractivity contribution >= 4 is 28.9 Å². The second kappa shape index (κ2) is 4.33. The molecule has 0 bridgehead atoms. The van der Waals surface area contributed by atoms with Crippen molar-refractivity contribution < 1.29 is 9.53 Å². The molecular formula is C3H5O2S2. The van der Waals surface area contributed by atoms with E-state index in [2.05, 4.69) is 16.4 Å². The Balaban J connectivity index is 2.98. The standard InChI is InChI=1S/C3H5O2S2/c1-3(7-6)5-2-4/h3,6H,1H3. The van der Waals surface area contributed by atoms with E-state index in [9.17, 15) is 4.79 Å². The first kappa shape index (κ1) is 7.17. The second-order valence-electron chi connectivity index (χ2n) is 0.874. The molecule has 0 spiro atoms. The van der Waals surface area contributed by atoms with Crippen LogP contribution < -0.4 is 0 Å². The van der Waals surface area contributed by atoms with Gasteiger partial charge in [0.2, 0.25) is 0 Å². The van der Waals surface area contributed by atoms with E-state index in [0.29, 0.717) is 0 Å². The Morgan fingerprint density at radius 3 is 2.71 bits per heavy atom. The van der Waals surface area contributed by atoms with Crippen molar-refractivity contribution in [2.24, 2.45) is 0 Å². The van der Waals surface area contributed by atoms with Crippen molar-refractivity contribution in [2.75, 3.05) is 0 Å². The maximum absolute atomic E-state index is 9.38. The molecule has 41 valence electrons. The average molecular weight is 137 g/mol. The van der Waals surface area contributed by atoms with Gasteiger partial charge in [0.15, 0.2) is 5.44 Å². The molecule has 0 aliphatic heterocycles. The van der Waals surface area contributed by atoms with Crippen LogP contribution in [0.5, 0.6) is 0 Å². The van der Waals surface area contributed by atoms with E-state index in [1.54, 1.807) is 6.92 Å². The van der Waals surface area contributed by atoms with Gasteiger partial charge in [-0.05, 0) is 6.92 Å². The first-order valence-electron chi connectivity index (χ1n) is 1.64. The van der Waals surface area contributed by atoms with Crippen LogP contribution in [0.1, 0.15) is 6.92 Å². The van der Waals surface area contributed by atoms with Crippen molar-refractivity contribution in [1.29, 1.82) is 0 Å². The van der Waals surface area contributed by atoms with Crippen molar-refractivity contribution in [3.05, 3.63) is 0 Å². The second-order valence-corrected chi connectivity index (χ2v) is 2.38. The molecule has 0 aliphatic carbocycles. The number of ether oxygens (including phenoxy) is 1. The van der Waals surface area contributed by atoms with Gasteiger partial charge in [-0.1, -0.05) is 10.8 Å². The number of rotatable bonds is 3. The van der Waals surface area contributed by atoms with Gasteiger partial charge in [-0.3, -0.25) is 0 Å². The third-order valence-electron chi connectivity index (χ3n) is 0.363. The minimum Gasteiger partial charge on any atom is -0.442 e. The van der Waals surface area contributed by atoms with Gasteiger partial charge in [0.1, 0.15) is 0 Å². The fourth-order valence-electron chi connectivity index (χ4n) is 0.0893. The topological polar surface area (TPSA) is 26.3 Å². The number of carbonyl (C=O) groups excluding carboxylic acids is 1. The summed E-state index contributed by atoms with van der Waals surface area (Å²) in [5.74, 6) is 0. The molecule has 0 aromatic rings. The van der Waals surface area contributed by atoms with Crippen LogP contribution in [0.25, 0.3) is 0 Å². The Morgan fingerprint density at radius 1 is 2.00 bits per heavy atom. The molecule has 0 saturated heterocycles. The molecule has 0 aliphatic rings. The van der Waals surface area contributed by atoms with Crippen LogP contribution in [0, 0.1) is 0 Å².